The van der Waals surface area contributed by atoms with Gasteiger partial charge in [0.2, 0.25) is 0 Å². The lowest BCUT2D eigenvalue weighted by Gasteiger charge is -2.30. The molecule has 19 heavy (non-hydrogen) atoms. The van der Waals surface area contributed by atoms with E-state index >= 15 is 0 Å². The van der Waals surface area contributed by atoms with Gasteiger partial charge in [0, 0.05) is 17.2 Å². The molecule has 0 aliphatic carbocycles. The van der Waals surface area contributed by atoms with Gasteiger partial charge in [0.15, 0.2) is 5.69 Å². The number of H-pyrrole nitrogens is 1. The molecule has 0 radical (unpaired) electrons. The van der Waals surface area contributed by atoms with Gasteiger partial charge in [0.25, 0.3) is 11.4 Å². The highest BCUT2D eigenvalue weighted by atomic mass is 16.3. The molecular weight excluding hydrogens is 240 g/mol. The van der Waals surface area contributed by atoms with Crippen molar-refractivity contribution in [2.45, 2.75) is 13.5 Å². The molecule has 0 amide bonds. The van der Waals surface area contributed by atoms with E-state index in [1.165, 1.54) is 11.6 Å². The smallest absolute Gasteiger partial charge is 0.255 e. The molecular formula is C15H19N2O2+. The number of aryl methyl sites for hydroxylation is 1. The Bertz CT molecular complexity index is 604. The Morgan fingerprint density at radius 3 is 2.42 bits per heavy atom. The molecule has 1 aromatic carbocycles. The molecule has 0 fully saturated rings. The van der Waals surface area contributed by atoms with E-state index in [4.69, 9.17) is 0 Å². The molecule has 1 aromatic heterocycles. The van der Waals surface area contributed by atoms with E-state index in [1.807, 2.05) is 39.2 Å². The van der Waals surface area contributed by atoms with Gasteiger partial charge in [0.1, 0.15) is 6.54 Å². The van der Waals surface area contributed by atoms with Gasteiger partial charge in [-0.25, -0.2) is 0 Å². The summed E-state index contributed by atoms with van der Waals surface area (Å²) in [6.07, 6.45) is 0. The minimum Gasteiger partial charge on any atom is -0.490 e. The molecule has 0 saturated heterocycles. The summed E-state index contributed by atoms with van der Waals surface area (Å²) >= 11 is 0. The zero-order valence-electron chi connectivity index (χ0n) is 11.5. The van der Waals surface area contributed by atoms with Crippen LogP contribution in [-0.2, 0) is 6.54 Å². The SMILES string of the molecule is Cc1cc(=O)[nH]c(O)c1[N+](C)(C)Cc1ccccc1. The minimum absolute atomic E-state index is 0.0501. The quantitative estimate of drug-likeness (QED) is 0.830. The standard InChI is InChI=1S/C15H18N2O2/c1-11-9-13(18)16-15(19)14(11)17(2,3)10-12-7-5-4-6-8-12/h4-9H,10H2,1-3H3,(H-,16,18,19)/p+1. The molecule has 1 heterocycles. The lowest BCUT2D eigenvalue weighted by Crippen LogP contribution is -2.40. The first kappa shape index (κ1) is 13.4. The average Bonchev–Trinajstić information content (AvgIpc) is 2.27. The van der Waals surface area contributed by atoms with Gasteiger partial charge in [-0.05, 0) is 6.92 Å². The fourth-order valence-corrected chi connectivity index (χ4v) is 2.55. The van der Waals surface area contributed by atoms with Crippen molar-refractivity contribution in [3.8, 4) is 5.88 Å². The van der Waals surface area contributed by atoms with E-state index in [1.54, 1.807) is 0 Å². The predicted octanol–water partition coefficient (Wildman–Crippen LogP) is 2.16. The Hall–Kier alpha value is -2.07. The van der Waals surface area contributed by atoms with Crippen LogP contribution in [0.2, 0.25) is 0 Å². The number of pyridine rings is 1. The van der Waals surface area contributed by atoms with Gasteiger partial charge in [-0.1, -0.05) is 30.3 Å². The number of aromatic hydroxyl groups is 1. The van der Waals surface area contributed by atoms with Gasteiger partial charge in [-0.3, -0.25) is 14.3 Å². The monoisotopic (exact) mass is 259 g/mol. The Morgan fingerprint density at radius 1 is 1.21 bits per heavy atom. The average molecular weight is 259 g/mol. The summed E-state index contributed by atoms with van der Waals surface area (Å²) in [4.78, 5) is 13.8. The van der Waals surface area contributed by atoms with E-state index in [-0.39, 0.29) is 11.4 Å². The number of quaternary nitrogens is 1. The predicted molar refractivity (Wildman–Crippen MR) is 77.3 cm³/mol. The Morgan fingerprint density at radius 2 is 1.84 bits per heavy atom. The normalized spacial score (nSPS) is 11.5. The molecule has 2 N–H and O–H groups in total. The lowest BCUT2D eigenvalue weighted by atomic mass is 10.1. The fraction of sp³-hybridized carbons (Fsp3) is 0.267. The summed E-state index contributed by atoms with van der Waals surface area (Å²) in [5.41, 5.74) is 2.43. The number of nitrogens with zero attached hydrogens (tertiary/aromatic N) is 1. The van der Waals surface area contributed by atoms with Crippen molar-refractivity contribution in [1.82, 2.24) is 9.47 Å². The number of hydrogen-bond acceptors (Lipinski definition) is 2. The summed E-state index contributed by atoms with van der Waals surface area (Å²) in [7, 11) is 4.01. The second kappa shape index (κ2) is 4.90. The van der Waals surface area contributed by atoms with Crippen LogP contribution in [0, 0.1) is 6.92 Å². The second-order valence-corrected chi connectivity index (χ2v) is 5.34. The molecule has 4 nitrogen and oxygen atoms in total. The number of rotatable bonds is 3. The molecule has 2 aromatic rings. The first-order valence-electron chi connectivity index (χ1n) is 6.20. The maximum atomic E-state index is 11.3. The molecule has 0 aliphatic heterocycles. The Balaban J connectivity index is 2.42. The molecule has 0 atom stereocenters. The van der Waals surface area contributed by atoms with E-state index in [0.717, 1.165) is 17.8 Å². The van der Waals surface area contributed by atoms with E-state index in [2.05, 4.69) is 17.1 Å². The van der Waals surface area contributed by atoms with Gasteiger partial charge >= 0.3 is 0 Å². The molecule has 0 bridgehead atoms. The van der Waals surface area contributed by atoms with Crippen molar-refractivity contribution in [3.05, 3.63) is 57.9 Å². The van der Waals surface area contributed by atoms with Crippen LogP contribution < -0.4 is 10.0 Å². The number of nitrogens with one attached hydrogen (secondary N) is 1. The lowest BCUT2D eigenvalue weighted by molar-refractivity contribution is 0.359. The zero-order chi connectivity index (χ0) is 14.0. The Labute approximate surface area is 112 Å². The molecule has 0 saturated carbocycles. The van der Waals surface area contributed by atoms with Crippen molar-refractivity contribution in [3.63, 3.8) is 0 Å². The zero-order valence-corrected chi connectivity index (χ0v) is 11.5. The Kier molecular flexibility index (Phi) is 3.44. The van der Waals surface area contributed by atoms with Crippen molar-refractivity contribution >= 4 is 5.69 Å². The van der Waals surface area contributed by atoms with Crippen LogP contribution in [0.4, 0.5) is 5.69 Å². The van der Waals surface area contributed by atoms with Crippen LogP contribution in [0.1, 0.15) is 11.1 Å². The fourth-order valence-electron chi connectivity index (χ4n) is 2.55. The highest BCUT2D eigenvalue weighted by molar-refractivity contribution is 5.56. The van der Waals surface area contributed by atoms with E-state index in [9.17, 15) is 9.90 Å². The van der Waals surface area contributed by atoms with Crippen LogP contribution >= 0.6 is 0 Å². The van der Waals surface area contributed by atoms with Crippen LogP contribution in [0.5, 0.6) is 5.88 Å². The van der Waals surface area contributed by atoms with Crippen LogP contribution in [-0.4, -0.2) is 24.2 Å². The largest absolute Gasteiger partial charge is 0.490 e. The highest BCUT2D eigenvalue weighted by Gasteiger charge is 2.26. The number of benzene rings is 1. The topological polar surface area (TPSA) is 53.1 Å². The first-order valence-corrected chi connectivity index (χ1v) is 6.20. The molecule has 100 valence electrons. The minimum atomic E-state index is -0.279. The summed E-state index contributed by atoms with van der Waals surface area (Å²) < 4.78 is 0.471. The number of aromatic amines is 1. The van der Waals surface area contributed by atoms with Crippen molar-refractivity contribution in [1.29, 1.82) is 0 Å². The molecule has 0 aliphatic rings. The first-order chi connectivity index (χ1) is 8.90. The van der Waals surface area contributed by atoms with Crippen LogP contribution in [0.25, 0.3) is 0 Å². The third-order valence-electron chi connectivity index (χ3n) is 3.21. The van der Waals surface area contributed by atoms with E-state index in [0.29, 0.717) is 4.48 Å². The second-order valence-electron chi connectivity index (χ2n) is 5.34. The van der Waals surface area contributed by atoms with Crippen molar-refractivity contribution < 1.29 is 5.11 Å². The third-order valence-corrected chi connectivity index (χ3v) is 3.21. The molecule has 0 unspecified atom stereocenters. The van der Waals surface area contributed by atoms with Gasteiger partial charge in [-0.2, -0.15) is 0 Å². The van der Waals surface area contributed by atoms with Crippen LogP contribution in [0.3, 0.4) is 0 Å². The maximum absolute atomic E-state index is 11.3. The van der Waals surface area contributed by atoms with Gasteiger partial charge in [-0.15, -0.1) is 0 Å². The van der Waals surface area contributed by atoms with Gasteiger partial charge < -0.3 is 5.11 Å². The van der Waals surface area contributed by atoms with Crippen molar-refractivity contribution in [2.24, 2.45) is 0 Å². The summed E-state index contributed by atoms with van der Waals surface area (Å²) in [5.74, 6) is -0.0501. The molecule has 2 rings (SSSR count). The summed E-state index contributed by atoms with van der Waals surface area (Å²) in [6.45, 7) is 2.58. The number of aromatic nitrogens is 1. The van der Waals surface area contributed by atoms with Crippen LogP contribution in [0.15, 0.2) is 41.2 Å². The third kappa shape index (κ3) is 2.85. The van der Waals surface area contributed by atoms with E-state index < -0.39 is 0 Å². The number of hydrogen-bond donors (Lipinski definition) is 2. The molecule has 0 spiro atoms. The maximum Gasteiger partial charge on any atom is 0.255 e. The van der Waals surface area contributed by atoms with Crippen molar-refractivity contribution in [2.75, 3.05) is 14.1 Å². The molecule has 4 heteroatoms. The highest BCUT2D eigenvalue weighted by Crippen LogP contribution is 2.32. The van der Waals surface area contributed by atoms with Gasteiger partial charge in [0.05, 0.1) is 14.1 Å². The summed E-state index contributed by atoms with van der Waals surface area (Å²) in [5, 5.41) is 10.0. The summed E-state index contributed by atoms with van der Waals surface area (Å²) in [6, 6.07) is 11.6.